The number of halogens is 1. The highest BCUT2D eigenvalue weighted by molar-refractivity contribution is 5.91. The monoisotopic (exact) mass is 461 g/mol. The van der Waals surface area contributed by atoms with Gasteiger partial charge in [-0.15, -0.1) is 4.99 Å². The Hall–Kier alpha value is -2.43. The van der Waals surface area contributed by atoms with E-state index in [1.165, 1.54) is 19.6 Å². The smallest absolute Gasteiger partial charge is 0.305 e. The van der Waals surface area contributed by atoms with E-state index in [4.69, 9.17) is 21.9 Å². The zero-order chi connectivity index (χ0) is 23.6. The predicted molar refractivity (Wildman–Crippen MR) is 129 cm³/mol. The highest BCUT2D eigenvalue weighted by atomic mass is 19.1. The maximum absolute atomic E-state index is 14.2. The third-order valence-corrected chi connectivity index (χ3v) is 7.62. The number of rotatable bonds is 8. The maximum Gasteiger partial charge on any atom is 0.305 e. The van der Waals surface area contributed by atoms with Crippen molar-refractivity contribution in [2.75, 3.05) is 38.6 Å². The molecule has 1 saturated heterocycles. The first-order valence-electron chi connectivity index (χ1n) is 12.0. The number of likely N-dealkylation sites (tertiary alicyclic amines) is 1. The Labute approximate surface area is 195 Å². The molecule has 0 bridgehead atoms. The van der Waals surface area contributed by atoms with Crippen LogP contribution in [0.3, 0.4) is 0 Å². The standard InChI is InChI=1S/C23H38FN8O/c1-3-31-11-5-7-17(31)14-32(22(26)29-21(25)30-23(32)27)13-15-6-4-8-19(15)28-16-9-10-20(33-2)18(24)12-16/h9-10,12,15,17,19,22,28H,3-8,11,13-14,26H2,1-2H3,(H4,25,27,29,30)/q+1. The molecule has 0 amide bonds. The van der Waals surface area contributed by atoms with Crippen molar-refractivity contribution in [1.29, 1.82) is 0 Å². The van der Waals surface area contributed by atoms with E-state index in [0.717, 1.165) is 57.5 Å². The van der Waals surface area contributed by atoms with Crippen molar-refractivity contribution in [3.05, 3.63) is 24.0 Å². The fourth-order valence-electron chi connectivity index (χ4n) is 5.83. The number of nitrogens with one attached hydrogen (secondary N) is 1. The van der Waals surface area contributed by atoms with Crippen LogP contribution < -0.4 is 27.3 Å². The molecule has 5 atom stereocenters. The molecule has 5 unspecified atom stereocenters. The zero-order valence-corrected chi connectivity index (χ0v) is 19.7. The normalized spacial score (nSPS) is 32.5. The lowest BCUT2D eigenvalue weighted by Gasteiger charge is -2.45. The van der Waals surface area contributed by atoms with E-state index in [9.17, 15) is 4.39 Å². The van der Waals surface area contributed by atoms with Crippen LogP contribution in [0.15, 0.2) is 28.2 Å². The van der Waals surface area contributed by atoms with Gasteiger partial charge in [-0.2, -0.15) is 4.99 Å². The summed E-state index contributed by atoms with van der Waals surface area (Å²) in [6.07, 6.45) is 4.83. The largest absolute Gasteiger partial charge is 0.494 e. The van der Waals surface area contributed by atoms with Gasteiger partial charge in [-0.3, -0.25) is 10.6 Å². The number of aliphatic imine (C=N–C) groups is 2. The molecule has 2 heterocycles. The lowest BCUT2D eigenvalue weighted by atomic mass is 9.99. The van der Waals surface area contributed by atoms with Crippen LogP contribution in [0.2, 0.25) is 0 Å². The number of anilines is 1. The average Bonchev–Trinajstić information content (AvgIpc) is 3.41. The minimum absolute atomic E-state index is 0.141. The number of methoxy groups -OCH3 is 1. The van der Waals surface area contributed by atoms with Crippen molar-refractivity contribution in [3.8, 4) is 5.75 Å². The third kappa shape index (κ3) is 4.78. The number of nitrogens with zero attached hydrogens (tertiary/aromatic N) is 4. The van der Waals surface area contributed by atoms with E-state index >= 15 is 0 Å². The van der Waals surface area contributed by atoms with Crippen molar-refractivity contribution in [2.45, 2.75) is 57.4 Å². The fraction of sp³-hybridized carbons (Fsp3) is 0.652. The van der Waals surface area contributed by atoms with E-state index in [2.05, 4.69) is 27.1 Å². The Kier molecular flexibility index (Phi) is 7.06. The Bertz CT molecular complexity index is 908. The van der Waals surface area contributed by atoms with Gasteiger partial charge in [0.25, 0.3) is 0 Å². The van der Waals surface area contributed by atoms with Crippen LogP contribution in [0, 0.1) is 11.7 Å². The Morgan fingerprint density at radius 2 is 2.03 bits per heavy atom. The van der Waals surface area contributed by atoms with Gasteiger partial charge in [-0.05, 0) is 50.9 Å². The van der Waals surface area contributed by atoms with E-state index < -0.39 is 6.29 Å². The zero-order valence-electron chi connectivity index (χ0n) is 19.7. The SMILES string of the molecule is CCN1CCCC1C[N+]1(CC2CCCC2Nc2ccc(OC)c(F)c2)C(N)=NC(N)=NC1N. The molecule has 10 heteroatoms. The molecule has 0 aromatic heterocycles. The molecule has 0 spiro atoms. The second kappa shape index (κ2) is 9.82. The molecule has 7 N–H and O–H groups in total. The number of likely N-dealkylation sites (N-methyl/N-ethyl adjacent to an activating group) is 1. The number of hydrogen-bond donors (Lipinski definition) is 4. The molecular formula is C23H38FN8O+. The molecule has 4 rings (SSSR count). The molecule has 1 saturated carbocycles. The Morgan fingerprint density at radius 3 is 2.73 bits per heavy atom. The van der Waals surface area contributed by atoms with Crippen molar-refractivity contribution >= 4 is 17.6 Å². The molecule has 33 heavy (non-hydrogen) atoms. The summed E-state index contributed by atoms with van der Waals surface area (Å²) in [6.45, 7) is 5.77. The van der Waals surface area contributed by atoms with E-state index in [1.54, 1.807) is 6.07 Å². The minimum atomic E-state index is -0.582. The van der Waals surface area contributed by atoms with Crippen LogP contribution in [0.5, 0.6) is 5.75 Å². The van der Waals surface area contributed by atoms with Crippen LogP contribution >= 0.6 is 0 Å². The van der Waals surface area contributed by atoms with Gasteiger partial charge >= 0.3 is 5.96 Å². The highest BCUT2D eigenvalue weighted by Gasteiger charge is 2.49. The molecule has 182 valence electrons. The summed E-state index contributed by atoms with van der Waals surface area (Å²) in [5.74, 6) is 0.742. The molecule has 2 fully saturated rings. The maximum atomic E-state index is 14.2. The van der Waals surface area contributed by atoms with Crippen LogP contribution in [-0.2, 0) is 0 Å². The molecule has 2 aliphatic heterocycles. The summed E-state index contributed by atoms with van der Waals surface area (Å²) in [5.41, 5.74) is 19.8. The van der Waals surface area contributed by atoms with Crippen LogP contribution in [0.25, 0.3) is 0 Å². The predicted octanol–water partition coefficient (Wildman–Crippen LogP) is 1.60. The highest BCUT2D eigenvalue weighted by Crippen LogP contribution is 2.34. The number of guanidine groups is 2. The molecular weight excluding hydrogens is 423 g/mol. The quantitative estimate of drug-likeness (QED) is 0.436. The molecule has 1 aliphatic carbocycles. The number of ether oxygens (including phenoxy) is 1. The van der Waals surface area contributed by atoms with Crippen LogP contribution in [0.1, 0.15) is 39.0 Å². The van der Waals surface area contributed by atoms with E-state index in [1.807, 2.05) is 6.07 Å². The van der Waals surface area contributed by atoms with E-state index in [0.29, 0.717) is 22.4 Å². The Morgan fingerprint density at radius 1 is 1.21 bits per heavy atom. The first-order valence-corrected chi connectivity index (χ1v) is 12.0. The third-order valence-electron chi connectivity index (χ3n) is 7.62. The lowest BCUT2D eigenvalue weighted by Crippen LogP contribution is -2.71. The number of hydrogen-bond acceptors (Lipinski definition) is 8. The topological polar surface area (TPSA) is 127 Å². The number of nitrogens with two attached hydrogens (primary N) is 3. The van der Waals surface area contributed by atoms with Gasteiger partial charge in [-0.25, -0.2) is 8.87 Å². The van der Waals surface area contributed by atoms with Gasteiger partial charge in [0.15, 0.2) is 11.6 Å². The number of quaternary nitrogens is 1. The van der Waals surface area contributed by atoms with Crippen LogP contribution in [-0.4, -0.2) is 73.0 Å². The fourth-order valence-corrected chi connectivity index (χ4v) is 5.83. The minimum Gasteiger partial charge on any atom is -0.494 e. The lowest BCUT2D eigenvalue weighted by molar-refractivity contribution is -0.874. The van der Waals surface area contributed by atoms with Crippen LogP contribution in [0.4, 0.5) is 10.1 Å². The summed E-state index contributed by atoms with van der Waals surface area (Å²) >= 11 is 0. The summed E-state index contributed by atoms with van der Waals surface area (Å²) in [5, 5.41) is 3.54. The van der Waals surface area contributed by atoms with Gasteiger partial charge in [0.05, 0.1) is 19.7 Å². The van der Waals surface area contributed by atoms with Crippen molar-refractivity contribution in [2.24, 2.45) is 33.1 Å². The van der Waals surface area contributed by atoms with Crippen molar-refractivity contribution in [3.63, 3.8) is 0 Å². The first kappa shape index (κ1) is 23.7. The second-order valence-corrected chi connectivity index (χ2v) is 9.49. The van der Waals surface area contributed by atoms with Gasteiger partial charge in [0.1, 0.15) is 6.54 Å². The summed E-state index contributed by atoms with van der Waals surface area (Å²) in [4.78, 5) is 11.3. The van der Waals surface area contributed by atoms with Gasteiger partial charge in [0.2, 0.25) is 12.2 Å². The van der Waals surface area contributed by atoms with Gasteiger partial charge in [-0.1, -0.05) is 13.3 Å². The molecule has 3 aliphatic rings. The van der Waals surface area contributed by atoms with E-state index in [-0.39, 0.29) is 23.6 Å². The first-order chi connectivity index (χ1) is 15.9. The van der Waals surface area contributed by atoms with Gasteiger partial charge in [0, 0.05) is 23.7 Å². The van der Waals surface area contributed by atoms with Crippen molar-refractivity contribution in [1.82, 2.24) is 4.90 Å². The summed E-state index contributed by atoms with van der Waals surface area (Å²) in [7, 11) is 1.47. The van der Waals surface area contributed by atoms with Gasteiger partial charge < -0.3 is 21.5 Å². The summed E-state index contributed by atoms with van der Waals surface area (Å²) < 4.78 is 19.6. The second-order valence-electron chi connectivity index (χ2n) is 9.49. The summed E-state index contributed by atoms with van der Waals surface area (Å²) in [6, 6.07) is 5.56. The molecule has 1 aromatic rings. The molecule has 1 aromatic carbocycles. The molecule has 0 radical (unpaired) electrons. The Balaban J connectivity index is 1.56. The number of benzene rings is 1. The van der Waals surface area contributed by atoms with Crippen molar-refractivity contribution < 1.29 is 13.6 Å². The molecule has 9 nitrogen and oxygen atoms in total. The average molecular weight is 462 g/mol.